The van der Waals surface area contributed by atoms with Gasteiger partial charge in [0, 0.05) is 7.11 Å². The molecule has 0 unspecified atom stereocenters. The lowest BCUT2D eigenvalue weighted by Gasteiger charge is -2.39. The summed E-state index contributed by atoms with van der Waals surface area (Å²) in [4.78, 5) is 11.3. The van der Waals surface area contributed by atoms with Crippen LogP contribution in [0.4, 0.5) is 0 Å². The maximum absolute atomic E-state index is 11.3. The third kappa shape index (κ3) is 2.81. The molecule has 14 heavy (non-hydrogen) atoms. The lowest BCUT2D eigenvalue weighted by molar-refractivity contribution is -0.134. The van der Waals surface area contributed by atoms with Crippen molar-refractivity contribution >= 4 is 23.2 Å². The van der Waals surface area contributed by atoms with E-state index in [1.165, 1.54) is 0 Å². The molecule has 0 aliphatic heterocycles. The van der Waals surface area contributed by atoms with E-state index >= 15 is 0 Å². The first-order valence-corrected chi connectivity index (χ1v) is 4.88. The van der Waals surface area contributed by atoms with Crippen molar-refractivity contribution in [2.75, 3.05) is 7.11 Å². The number of amides is 1. The Morgan fingerprint density at radius 3 is 2.57 bits per heavy atom. The van der Waals surface area contributed by atoms with Gasteiger partial charge < -0.3 is 10.5 Å². The summed E-state index contributed by atoms with van der Waals surface area (Å²) >= 11 is 4.55. The van der Waals surface area contributed by atoms with E-state index in [0.29, 0.717) is 6.42 Å². The van der Waals surface area contributed by atoms with Crippen LogP contribution in [0.2, 0.25) is 0 Å². The number of carbonyl (C=O) groups excluding carboxylic acids is 1. The molecule has 5 nitrogen and oxygen atoms in total. The highest BCUT2D eigenvalue weighted by Crippen LogP contribution is 2.37. The summed E-state index contributed by atoms with van der Waals surface area (Å²) < 4.78 is 5.30. The summed E-state index contributed by atoms with van der Waals surface area (Å²) in [6, 6.07) is 0. The zero-order valence-electron chi connectivity index (χ0n) is 8.13. The highest BCUT2D eigenvalue weighted by atomic mass is 32.1. The number of ether oxygens (including phenoxy) is 1. The van der Waals surface area contributed by atoms with Gasteiger partial charge in [0.15, 0.2) is 5.11 Å². The molecule has 0 aromatic carbocycles. The van der Waals surface area contributed by atoms with Crippen molar-refractivity contribution < 1.29 is 9.53 Å². The Bertz CT molecular complexity index is 235. The van der Waals surface area contributed by atoms with Crippen LogP contribution in [0.1, 0.15) is 25.7 Å². The largest absolute Gasteiger partial charge is 0.378 e. The van der Waals surface area contributed by atoms with E-state index in [0.717, 1.165) is 19.3 Å². The summed E-state index contributed by atoms with van der Waals surface area (Å²) in [5, 5.41) is 0.0541. The second-order valence-electron chi connectivity index (χ2n) is 3.45. The van der Waals surface area contributed by atoms with Crippen molar-refractivity contribution in [3.63, 3.8) is 0 Å². The van der Waals surface area contributed by atoms with Gasteiger partial charge in [-0.1, -0.05) is 0 Å². The smallest absolute Gasteiger partial charge is 0.241 e. The Kier molecular flexibility index (Phi) is 3.65. The van der Waals surface area contributed by atoms with Crippen LogP contribution in [0.15, 0.2) is 0 Å². The molecule has 80 valence electrons. The van der Waals surface area contributed by atoms with Crippen molar-refractivity contribution in [1.82, 2.24) is 10.9 Å². The van der Waals surface area contributed by atoms with Crippen molar-refractivity contribution in [3.05, 3.63) is 0 Å². The molecule has 0 aromatic heterocycles. The topological polar surface area (TPSA) is 76.4 Å². The van der Waals surface area contributed by atoms with Gasteiger partial charge in [0.05, 0.1) is 12.0 Å². The fraction of sp³-hybridized carbons (Fsp3) is 0.750. The number of carbonyl (C=O) groups is 1. The summed E-state index contributed by atoms with van der Waals surface area (Å²) in [5.41, 5.74) is 9.70. The Balaban J connectivity index is 2.28. The third-order valence-corrected chi connectivity index (χ3v) is 2.61. The van der Waals surface area contributed by atoms with Crippen LogP contribution in [-0.4, -0.2) is 23.7 Å². The molecule has 0 saturated heterocycles. The fourth-order valence-corrected chi connectivity index (χ4v) is 1.54. The molecule has 0 radical (unpaired) electrons. The van der Waals surface area contributed by atoms with Gasteiger partial charge in [0.25, 0.3) is 0 Å². The molecule has 1 saturated carbocycles. The second kappa shape index (κ2) is 4.56. The molecule has 1 aliphatic carbocycles. The van der Waals surface area contributed by atoms with Gasteiger partial charge in [-0.25, -0.2) is 0 Å². The Morgan fingerprint density at radius 1 is 1.57 bits per heavy atom. The molecule has 1 aliphatic rings. The van der Waals surface area contributed by atoms with E-state index in [4.69, 9.17) is 10.5 Å². The monoisotopic (exact) mass is 217 g/mol. The molecule has 1 rings (SSSR count). The van der Waals surface area contributed by atoms with Gasteiger partial charge >= 0.3 is 0 Å². The lowest BCUT2D eigenvalue weighted by Crippen LogP contribution is -2.49. The third-order valence-electron chi connectivity index (χ3n) is 2.51. The average Bonchev–Trinajstić information content (AvgIpc) is 2.08. The van der Waals surface area contributed by atoms with Crippen LogP contribution < -0.4 is 16.6 Å². The first-order valence-electron chi connectivity index (χ1n) is 4.47. The van der Waals surface area contributed by atoms with Gasteiger partial charge in [0.1, 0.15) is 0 Å². The van der Waals surface area contributed by atoms with E-state index < -0.39 is 0 Å². The van der Waals surface area contributed by atoms with Crippen LogP contribution in [-0.2, 0) is 9.53 Å². The van der Waals surface area contributed by atoms with E-state index in [-0.39, 0.29) is 16.6 Å². The second-order valence-corrected chi connectivity index (χ2v) is 3.89. The molecule has 0 atom stereocenters. The van der Waals surface area contributed by atoms with Crippen LogP contribution in [0.25, 0.3) is 0 Å². The first kappa shape index (κ1) is 11.2. The van der Waals surface area contributed by atoms with Crippen molar-refractivity contribution in [3.8, 4) is 0 Å². The zero-order valence-corrected chi connectivity index (χ0v) is 8.95. The zero-order chi connectivity index (χ0) is 10.6. The number of methoxy groups -OCH3 is 1. The number of hydrogen-bond acceptors (Lipinski definition) is 3. The number of rotatable bonds is 3. The van der Waals surface area contributed by atoms with Gasteiger partial charge in [0.2, 0.25) is 5.91 Å². The van der Waals surface area contributed by atoms with Gasteiger partial charge in [-0.2, -0.15) is 0 Å². The van der Waals surface area contributed by atoms with E-state index in [9.17, 15) is 4.79 Å². The Labute approximate surface area is 88.3 Å². The molecule has 0 spiro atoms. The minimum absolute atomic E-state index is 0.0541. The van der Waals surface area contributed by atoms with Crippen LogP contribution in [0.5, 0.6) is 0 Å². The number of nitrogens with one attached hydrogen (secondary N) is 2. The van der Waals surface area contributed by atoms with Crippen LogP contribution >= 0.6 is 12.2 Å². The maximum atomic E-state index is 11.3. The highest BCUT2D eigenvalue weighted by molar-refractivity contribution is 7.80. The summed E-state index contributed by atoms with van der Waals surface area (Å²) in [6.45, 7) is 0. The Hall–Kier alpha value is -0.880. The normalized spacial score (nSPS) is 18.1. The van der Waals surface area contributed by atoms with Crippen molar-refractivity contribution in [1.29, 1.82) is 0 Å². The molecule has 6 heteroatoms. The predicted molar refractivity (Wildman–Crippen MR) is 56.3 cm³/mol. The molecule has 4 N–H and O–H groups in total. The van der Waals surface area contributed by atoms with Crippen LogP contribution in [0.3, 0.4) is 0 Å². The fourth-order valence-electron chi connectivity index (χ4n) is 1.49. The highest BCUT2D eigenvalue weighted by Gasteiger charge is 2.38. The van der Waals surface area contributed by atoms with E-state index in [2.05, 4.69) is 23.1 Å². The first-order chi connectivity index (χ1) is 6.58. The minimum Gasteiger partial charge on any atom is -0.378 e. The molecule has 1 fully saturated rings. The number of hydrogen-bond donors (Lipinski definition) is 3. The molecular formula is C8H15N3O2S. The number of hydrazine groups is 1. The van der Waals surface area contributed by atoms with Crippen molar-refractivity contribution in [2.24, 2.45) is 5.73 Å². The molecule has 0 bridgehead atoms. The summed E-state index contributed by atoms with van der Waals surface area (Å²) in [6.07, 6.45) is 3.33. The van der Waals surface area contributed by atoms with Gasteiger partial charge in [-0.05, 0) is 31.5 Å². The van der Waals surface area contributed by atoms with E-state index in [1.807, 2.05) is 0 Å². The molecule has 0 aromatic rings. The molecular weight excluding hydrogens is 202 g/mol. The van der Waals surface area contributed by atoms with Crippen molar-refractivity contribution in [2.45, 2.75) is 31.3 Å². The number of thiocarbonyl (C=S) groups is 1. The van der Waals surface area contributed by atoms with Gasteiger partial charge in [-0.3, -0.25) is 15.6 Å². The number of nitrogens with two attached hydrogens (primary N) is 1. The molecule has 0 heterocycles. The standard InChI is InChI=1S/C8H15N3O2S/c1-13-8(3-2-4-8)5-6(12)10-11-7(9)14/h2-5H2,1H3,(H,10,12)(H3,9,11,14). The average molecular weight is 217 g/mol. The van der Waals surface area contributed by atoms with E-state index in [1.54, 1.807) is 7.11 Å². The molecule has 1 amide bonds. The SMILES string of the molecule is COC1(CC(=O)NNC(N)=S)CCC1. The van der Waals surface area contributed by atoms with Gasteiger partial charge in [-0.15, -0.1) is 0 Å². The minimum atomic E-state index is -0.262. The summed E-state index contributed by atoms with van der Waals surface area (Å²) in [7, 11) is 1.63. The quantitative estimate of drug-likeness (QED) is 0.451. The summed E-state index contributed by atoms with van der Waals surface area (Å²) in [5.74, 6) is -0.153. The predicted octanol–water partition coefficient (Wildman–Crippen LogP) is -0.190. The maximum Gasteiger partial charge on any atom is 0.241 e. The van der Waals surface area contributed by atoms with Crippen LogP contribution in [0, 0.1) is 0 Å². The Morgan fingerprint density at radius 2 is 2.21 bits per heavy atom. The lowest BCUT2D eigenvalue weighted by atomic mass is 9.77.